The monoisotopic (exact) mass is 339 g/mol. The molecule has 0 bridgehead atoms. The van der Waals surface area contributed by atoms with Crippen LogP contribution in [-0.4, -0.2) is 51.4 Å². The Labute approximate surface area is 136 Å². The fraction of sp³-hybridized carbons (Fsp3) is 0.500. The maximum Gasteiger partial charge on any atom is 0.320 e. The number of fused-ring (bicyclic) bond motifs is 2. The quantitative estimate of drug-likeness (QED) is 0.931. The van der Waals surface area contributed by atoms with Gasteiger partial charge >= 0.3 is 6.01 Å². The third kappa shape index (κ3) is 2.45. The van der Waals surface area contributed by atoms with E-state index in [-0.39, 0.29) is 23.5 Å². The topological polar surface area (TPSA) is 58.5 Å². The molecule has 2 atom stereocenters. The summed E-state index contributed by atoms with van der Waals surface area (Å²) in [4.78, 5) is 9.74. The lowest BCUT2D eigenvalue weighted by Crippen LogP contribution is -2.43. The number of hydrogen-bond donors (Lipinski definition) is 1. The van der Waals surface area contributed by atoms with Crippen LogP contribution in [0.5, 0.6) is 11.9 Å². The highest BCUT2D eigenvalue weighted by atomic mass is 19.1. The SMILES string of the molecule is Oc1nc(OC[C@@]23CCCN2C[C@H](F)C3)nc2c(F)cc(F)cc12. The van der Waals surface area contributed by atoms with Crippen molar-refractivity contribution >= 4 is 10.9 Å². The predicted molar refractivity (Wildman–Crippen MR) is 79.7 cm³/mol. The van der Waals surface area contributed by atoms with Gasteiger partial charge in [-0.05, 0) is 25.5 Å². The first-order chi connectivity index (χ1) is 11.5. The average Bonchev–Trinajstić information content (AvgIpc) is 3.02. The van der Waals surface area contributed by atoms with E-state index in [1.165, 1.54) is 0 Å². The van der Waals surface area contributed by atoms with Crippen LogP contribution >= 0.6 is 0 Å². The molecule has 0 spiro atoms. The summed E-state index contributed by atoms with van der Waals surface area (Å²) in [5.41, 5.74) is -0.608. The van der Waals surface area contributed by atoms with Gasteiger partial charge < -0.3 is 9.84 Å². The number of aromatic nitrogens is 2. The molecule has 0 unspecified atom stereocenters. The highest BCUT2D eigenvalue weighted by molar-refractivity contribution is 5.84. The summed E-state index contributed by atoms with van der Waals surface area (Å²) in [7, 11) is 0. The van der Waals surface area contributed by atoms with Crippen LogP contribution in [0.15, 0.2) is 12.1 Å². The number of halogens is 3. The molecule has 2 aliphatic heterocycles. The van der Waals surface area contributed by atoms with Crippen LogP contribution in [0, 0.1) is 11.6 Å². The van der Waals surface area contributed by atoms with E-state index >= 15 is 0 Å². The molecule has 1 N–H and O–H groups in total. The summed E-state index contributed by atoms with van der Waals surface area (Å²) >= 11 is 0. The van der Waals surface area contributed by atoms with E-state index in [0.717, 1.165) is 25.5 Å². The number of rotatable bonds is 3. The Morgan fingerprint density at radius 1 is 1.33 bits per heavy atom. The first-order valence-electron chi connectivity index (χ1n) is 7.84. The third-order valence-corrected chi connectivity index (χ3v) is 4.91. The Hall–Kier alpha value is -2.09. The van der Waals surface area contributed by atoms with E-state index in [0.29, 0.717) is 19.0 Å². The van der Waals surface area contributed by atoms with Crippen LogP contribution in [0.1, 0.15) is 19.3 Å². The number of aromatic hydroxyl groups is 1. The van der Waals surface area contributed by atoms with Crippen LogP contribution in [0.25, 0.3) is 10.9 Å². The lowest BCUT2D eigenvalue weighted by atomic mass is 9.95. The first kappa shape index (κ1) is 15.4. The van der Waals surface area contributed by atoms with Gasteiger partial charge in [-0.25, -0.2) is 13.2 Å². The molecule has 0 radical (unpaired) electrons. The number of nitrogens with zero attached hydrogens (tertiary/aromatic N) is 3. The Kier molecular flexibility index (Phi) is 3.52. The van der Waals surface area contributed by atoms with Crippen molar-refractivity contribution in [3.05, 3.63) is 23.8 Å². The van der Waals surface area contributed by atoms with Crippen molar-refractivity contribution < 1.29 is 23.0 Å². The summed E-state index contributed by atoms with van der Waals surface area (Å²) < 4.78 is 46.4. The molecule has 2 saturated heterocycles. The van der Waals surface area contributed by atoms with Crippen molar-refractivity contribution in [3.8, 4) is 11.9 Å². The summed E-state index contributed by atoms with van der Waals surface area (Å²) in [6.45, 7) is 1.38. The molecule has 3 heterocycles. The second-order valence-electron chi connectivity index (χ2n) is 6.48. The van der Waals surface area contributed by atoms with E-state index < -0.39 is 29.2 Å². The molecule has 0 aliphatic carbocycles. The number of hydrogen-bond acceptors (Lipinski definition) is 5. The zero-order valence-corrected chi connectivity index (χ0v) is 12.8. The fourth-order valence-electron chi connectivity index (χ4n) is 3.83. The molecule has 4 rings (SSSR count). The lowest BCUT2D eigenvalue weighted by molar-refractivity contribution is 0.107. The second kappa shape index (κ2) is 5.47. The predicted octanol–water partition coefficient (Wildman–Crippen LogP) is 2.57. The minimum atomic E-state index is -0.905. The Morgan fingerprint density at radius 3 is 3.00 bits per heavy atom. The van der Waals surface area contributed by atoms with Crippen molar-refractivity contribution in [1.82, 2.24) is 14.9 Å². The van der Waals surface area contributed by atoms with Crippen LogP contribution in [-0.2, 0) is 0 Å². The maximum absolute atomic E-state index is 13.9. The van der Waals surface area contributed by atoms with Crippen molar-refractivity contribution in [2.24, 2.45) is 0 Å². The maximum atomic E-state index is 13.9. The molecular weight excluding hydrogens is 323 g/mol. The molecule has 2 aliphatic rings. The summed E-state index contributed by atoms with van der Waals surface area (Å²) in [6, 6.07) is 1.44. The Morgan fingerprint density at radius 2 is 2.17 bits per heavy atom. The van der Waals surface area contributed by atoms with Crippen LogP contribution in [0.2, 0.25) is 0 Å². The summed E-state index contributed by atoms with van der Waals surface area (Å²) in [6.07, 6.45) is 1.27. The lowest BCUT2D eigenvalue weighted by Gasteiger charge is -2.30. The number of benzene rings is 1. The van der Waals surface area contributed by atoms with Gasteiger partial charge in [0.1, 0.15) is 24.1 Å². The van der Waals surface area contributed by atoms with Crippen LogP contribution in [0.3, 0.4) is 0 Å². The van der Waals surface area contributed by atoms with E-state index in [9.17, 15) is 18.3 Å². The largest absolute Gasteiger partial charge is 0.493 e. The molecule has 5 nitrogen and oxygen atoms in total. The molecular formula is C16H16F3N3O2. The molecule has 2 aromatic rings. The van der Waals surface area contributed by atoms with Crippen LogP contribution in [0.4, 0.5) is 13.2 Å². The van der Waals surface area contributed by atoms with E-state index in [1.807, 2.05) is 0 Å². The molecule has 1 aromatic heterocycles. The summed E-state index contributed by atoms with van der Waals surface area (Å²) in [5, 5.41) is 9.77. The molecule has 128 valence electrons. The number of ether oxygens (including phenoxy) is 1. The van der Waals surface area contributed by atoms with Gasteiger partial charge in [0.2, 0.25) is 5.88 Å². The Bertz CT molecular complexity index is 804. The van der Waals surface area contributed by atoms with Gasteiger partial charge in [-0.15, -0.1) is 0 Å². The average molecular weight is 339 g/mol. The zero-order chi connectivity index (χ0) is 16.9. The fourth-order valence-corrected chi connectivity index (χ4v) is 3.83. The molecule has 0 amide bonds. The van der Waals surface area contributed by atoms with Crippen molar-refractivity contribution in [2.45, 2.75) is 31.0 Å². The highest BCUT2D eigenvalue weighted by Gasteiger charge is 2.49. The van der Waals surface area contributed by atoms with Crippen molar-refractivity contribution in [2.75, 3.05) is 19.7 Å². The second-order valence-corrected chi connectivity index (χ2v) is 6.48. The smallest absolute Gasteiger partial charge is 0.320 e. The van der Waals surface area contributed by atoms with E-state index in [1.54, 1.807) is 0 Å². The third-order valence-electron chi connectivity index (χ3n) is 4.91. The first-order valence-corrected chi connectivity index (χ1v) is 7.84. The molecule has 8 heteroatoms. The van der Waals surface area contributed by atoms with Gasteiger partial charge in [0, 0.05) is 19.0 Å². The van der Waals surface area contributed by atoms with Gasteiger partial charge in [0.05, 0.1) is 10.9 Å². The molecule has 24 heavy (non-hydrogen) atoms. The standard InChI is InChI=1S/C16H16F3N3O2/c17-9-4-11-13(12(19)5-9)20-15(21-14(11)23)24-8-16-2-1-3-22(16)7-10(18)6-16/h4-5,10H,1-3,6-8H2,(H,20,21,23)/t10-,16+/m1/s1. The van der Waals surface area contributed by atoms with Crippen LogP contribution < -0.4 is 4.74 Å². The normalized spacial score (nSPS) is 26.9. The molecule has 1 aromatic carbocycles. The summed E-state index contributed by atoms with van der Waals surface area (Å²) in [5.74, 6) is -2.28. The van der Waals surface area contributed by atoms with Crippen molar-refractivity contribution in [3.63, 3.8) is 0 Å². The van der Waals surface area contributed by atoms with Crippen molar-refractivity contribution in [1.29, 1.82) is 0 Å². The molecule has 2 fully saturated rings. The number of alkyl halides is 1. The van der Waals surface area contributed by atoms with Gasteiger partial charge in [-0.2, -0.15) is 9.97 Å². The minimum absolute atomic E-state index is 0.120. The molecule has 0 saturated carbocycles. The minimum Gasteiger partial charge on any atom is -0.493 e. The van der Waals surface area contributed by atoms with E-state index in [2.05, 4.69) is 14.9 Å². The van der Waals surface area contributed by atoms with Gasteiger partial charge in [-0.3, -0.25) is 4.90 Å². The van der Waals surface area contributed by atoms with Gasteiger partial charge in [0.15, 0.2) is 5.82 Å². The van der Waals surface area contributed by atoms with Gasteiger partial charge in [0.25, 0.3) is 0 Å². The Balaban J connectivity index is 1.61. The highest BCUT2D eigenvalue weighted by Crippen LogP contribution is 2.40. The van der Waals surface area contributed by atoms with E-state index in [4.69, 9.17) is 4.74 Å². The van der Waals surface area contributed by atoms with Gasteiger partial charge in [-0.1, -0.05) is 0 Å². The zero-order valence-electron chi connectivity index (χ0n) is 12.8.